The summed E-state index contributed by atoms with van der Waals surface area (Å²) in [6, 6.07) is 8.03. The van der Waals surface area contributed by atoms with Crippen LogP contribution < -0.4 is 4.74 Å². The molecule has 0 amide bonds. The van der Waals surface area contributed by atoms with Crippen LogP contribution in [0.3, 0.4) is 0 Å². The lowest BCUT2D eigenvalue weighted by atomic mass is 10.1. The standard InChI is InChI=1S/C13H13N3O/c1-10-7-11(3-4-13(10)17-2)12-8-15-16(9-12)6-5-14/h3-4,7-9H,6H2,1-2H3. The third-order valence-corrected chi connectivity index (χ3v) is 2.59. The van der Waals surface area contributed by atoms with Crippen LogP contribution in [0.5, 0.6) is 5.75 Å². The molecule has 0 saturated heterocycles. The molecular weight excluding hydrogens is 214 g/mol. The average Bonchev–Trinajstić information content (AvgIpc) is 2.78. The summed E-state index contributed by atoms with van der Waals surface area (Å²) in [5, 5.41) is 12.7. The summed E-state index contributed by atoms with van der Waals surface area (Å²) < 4.78 is 6.84. The summed E-state index contributed by atoms with van der Waals surface area (Å²) in [7, 11) is 1.66. The molecule has 0 spiro atoms. The number of methoxy groups -OCH3 is 1. The van der Waals surface area contributed by atoms with Crippen molar-refractivity contribution in [2.45, 2.75) is 13.5 Å². The molecule has 2 rings (SSSR count). The van der Waals surface area contributed by atoms with Crippen molar-refractivity contribution in [2.24, 2.45) is 0 Å². The Bertz CT molecular complexity index is 566. The van der Waals surface area contributed by atoms with Crippen molar-refractivity contribution in [1.29, 1.82) is 5.26 Å². The van der Waals surface area contributed by atoms with Crippen LogP contribution in [0.2, 0.25) is 0 Å². The maximum absolute atomic E-state index is 8.58. The molecule has 0 aliphatic carbocycles. The molecule has 0 N–H and O–H groups in total. The molecular formula is C13H13N3O. The molecule has 0 bridgehead atoms. The Labute approximate surface area is 100 Å². The van der Waals surface area contributed by atoms with Crippen LogP contribution in [-0.2, 0) is 6.54 Å². The van der Waals surface area contributed by atoms with Crippen LogP contribution in [0.15, 0.2) is 30.6 Å². The van der Waals surface area contributed by atoms with E-state index in [0.717, 1.165) is 22.4 Å². The zero-order valence-corrected chi connectivity index (χ0v) is 9.84. The first-order valence-electron chi connectivity index (χ1n) is 5.29. The second-order valence-electron chi connectivity index (χ2n) is 3.77. The molecule has 17 heavy (non-hydrogen) atoms. The van der Waals surface area contributed by atoms with Crippen LogP contribution in [0.1, 0.15) is 5.56 Å². The van der Waals surface area contributed by atoms with Crippen molar-refractivity contribution in [3.63, 3.8) is 0 Å². The van der Waals surface area contributed by atoms with Crippen molar-refractivity contribution < 1.29 is 4.74 Å². The zero-order valence-electron chi connectivity index (χ0n) is 9.84. The van der Waals surface area contributed by atoms with Gasteiger partial charge < -0.3 is 4.74 Å². The molecule has 0 fully saturated rings. The molecule has 2 aromatic rings. The van der Waals surface area contributed by atoms with E-state index in [2.05, 4.69) is 11.2 Å². The molecule has 1 aromatic carbocycles. The Balaban J connectivity index is 2.33. The van der Waals surface area contributed by atoms with E-state index < -0.39 is 0 Å². The maximum atomic E-state index is 8.58. The topological polar surface area (TPSA) is 50.8 Å². The van der Waals surface area contributed by atoms with Gasteiger partial charge in [-0.05, 0) is 30.2 Å². The minimum Gasteiger partial charge on any atom is -0.496 e. The van der Waals surface area contributed by atoms with E-state index in [4.69, 9.17) is 10.00 Å². The number of nitrogens with zero attached hydrogens (tertiary/aromatic N) is 3. The number of ether oxygens (including phenoxy) is 1. The van der Waals surface area contributed by atoms with E-state index in [9.17, 15) is 0 Å². The second-order valence-corrected chi connectivity index (χ2v) is 3.77. The highest BCUT2D eigenvalue weighted by Gasteiger charge is 2.04. The number of aryl methyl sites for hydroxylation is 1. The van der Waals surface area contributed by atoms with Gasteiger partial charge in [-0.15, -0.1) is 0 Å². The zero-order chi connectivity index (χ0) is 12.3. The Morgan fingerprint density at radius 3 is 2.88 bits per heavy atom. The van der Waals surface area contributed by atoms with Gasteiger partial charge in [0.15, 0.2) is 0 Å². The van der Waals surface area contributed by atoms with Gasteiger partial charge in [0.25, 0.3) is 0 Å². The predicted molar refractivity (Wildman–Crippen MR) is 64.6 cm³/mol. The van der Waals surface area contributed by atoms with Crippen molar-refractivity contribution in [1.82, 2.24) is 9.78 Å². The molecule has 0 unspecified atom stereocenters. The van der Waals surface area contributed by atoms with E-state index in [1.165, 1.54) is 0 Å². The first-order chi connectivity index (χ1) is 8.24. The van der Waals surface area contributed by atoms with E-state index in [1.807, 2.05) is 31.3 Å². The van der Waals surface area contributed by atoms with Gasteiger partial charge in [-0.2, -0.15) is 10.4 Å². The number of benzene rings is 1. The fourth-order valence-electron chi connectivity index (χ4n) is 1.73. The molecule has 1 heterocycles. The molecule has 1 aromatic heterocycles. The average molecular weight is 227 g/mol. The first kappa shape index (κ1) is 11.2. The number of hydrogen-bond donors (Lipinski definition) is 0. The van der Waals surface area contributed by atoms with Crippen molar-refractivity contribution in [3.8, 4) is 22.9 Å². The molecule has 0 aliphatic rings. The van der Waals surface area contributed by atoms with Gasteiger partial charge in [-0.1, -0.05) is 6.07 Å². The minimum absolute atomic E-state index is 0.273. The summed E-state index contributed by atoms with van der Waals surface area (Å²) >= 11 is 0. The van der Waals surface area contributed by atoms with Crippen molar-refractivity contribution >= 4 is 0 Å². The summed E-state index contributed by atoms with van der Waals surface area (Å²) in [5.74, 6) is 0.873. The SMILES string of the molecule is COc1ccc(-c2cnn(CC#N)c2)cc1C. The predicted octanol–water partition coefficient (Wildman–Crippen LogP) is 2.39. The molecule has 0 saturated carbocycles. The molecule has 0 atom stereocenters. The van der Waals surface area contributed by atoms with E-state index >= 15 is 0 Å². The largest absolute Gasteiger partial charge is 0.496 e. The molecule has 0 radical (unpaired) electrons. The van der Waals surface area contributed by atoms with Crippen LogP contribution in [0.25, 0.3) is 11.1 Å². The van der Waals surface area contributed by atoms with Gasteiger partial charge >= 0.3 is 0 Å². The summed E-state index contributed by atoms with van der Waals surface area (Å²) in [6.07, 6.45) is 3.63. The first-order valence-corrected chi connectivity index (χ1v) is 5.29. The highest BCUT2D eigenvalue weighted by Crippen LogP contribution is 2.25. The smallest absolute Gasteiger partial charge is 0.128 e. The third kappa shape index (κ3) is 2.28. The number of aromatic nitrogens is 2. The highest BCUT2D eigenvalue weighted by molar-refractivity contribution is 5.64. The summed E-state index contributed by atoms with van der Waals surface area (Å²) in [6.45, 7) is 2.27. The lowest BCUT2D eigenvalue weighted by Crippen LogP contribution is -1.94. The van der Waals surface area contributed by atoms with Gasteiger partial charge in [0.2, 0.25) is 0 Å². The quantitative estimate of drug-likeness (QED) is 0.809. The lowest BCUT2D eigenvalue weighted by molar-refractivity contribution is 0.412. The van der Waals surface area contributed by atoms with Crippen LogP contribution in [-0.4, -0.2) is 16.9 Å². The van der Waals surface area contributed by atoms with Gasteiger partial charge in [-0.3, -0.25) is 4.68 Å². The van der Waals surface area contributed by atoms with Gasteiger partial charge in [0.05, 0.1) is 19.4 Å². The molecule has 86 valence electrons. The normalized spacial score (nSPS) is 9.94. The second kappa shape index (κ2) is 4.71. The molecule has 4 heteroatoms. The van der Waals surface area contributed by atoms with Crippen LogP contribution in [0.4, 0.5) is 0 Å². The number of hydrogen-bond acceptors (Lipinski definition) is 3. The van der Waals surface area contributed by atoms with Crippen LogP contribution >= 0.6 is 0 Å². The summed E-state index contributed by atoms with van der Waals surface area (Å²) in [5.41, 5.74) is 3.16. The number of rotatable bonds is 3. The van der Waals surface area contributed by atoms with Gasteiger partial charge in [-0.25, -0.2) is 0 Å². The third-order valence-electron chi connectivity index (χ3n) is 2.59. The van der Waals surface area contributed by atoms with Crippen LogP contribution in [0, 0.1) is 18.3 Å². The van der Waals surface area contributed by atoms with E-state index in [-0.39, 0.29) is 6.54 Å². The van der Waals surface area contributed by atoms with Crippen molar-refractivity contribution in [2.75, 3.05) is 7.11 Å². The maximum Gasteiger partial charge on any atom is 0.128 e. The lowest BCUT2D eigenvalue weighted by Gasteiger charge is -2.05. The fraction of sp³-hybridized carbons (Fsp3) is 0.231. The Morgan fingerprint density at radius 1 is 1.41 bits per heavy atom. The number of nitriles is 1. The van der Waals surface area contributed by atoms with E-state index in [0.29, 0.717) is 0 Å². The highest BCUT2D eigenvalue weighted by atomic mass is 16.5. The molecule has 4 nitrogen and oxygen atoms in total. The fourth-order valence-corrected chi connectivity index (χ4v) is 1.73. The van der Waals surface area contributed by atoms with Crippen molar-refractivity contribution in [3.05, 3.63) is 36.2 Å². The Hall–Kier alpha value is -2.28. The molecule has 0 aliphatic heterocycles. The Morgan fingerprint density at radius 2 is 2.24 bits per heavy atom. The monoisotopic (exact) mass is 227 g/mol. The summed E-state index contributed by atoms with van der Waals surface area (Å²) in [4.78, 5) is 0. The Kier molecular flexibility index (Phi) is 3.10. The minimum atomic E-state index is 0.273. The van der Waals surface area contributed by atoms with Gasteiger partial charge in [0, 0.05) is 11.8 Å². The van der Waals surface area contributed by atoms with Gasteiger partial charge in [0.1, 0.15) is 12.3 Å². The van der Waals surface area contributed by atoms with E-state index in [1.54, 1.807) is 18.0 Å².